The summed E-state index contributed by atoms with van der Waals surface area (Å²) in [4.78, 5) is 0. The lowest BCUT2D eigenvalue weighted by molar-refractivity contribution is 0.670. The third kappa shape index (κ3) is 4.65. The molecular weight excluding hydrogens is 607 g/mol. The van der Waals surface area contributed by atoms with Crippen LogP contribution in [-0.4, -0.2) is 4.57 Å². The Bertz CT molecular complexity index is 2870. The van der Waals surface area contributed by atoms with Gasteiger partial charge in [-0.05, 0) is 87.5 Å². The van der Waals surface area contributed by atoms with Crippen molar-refractivity contribution in [1.29, 1.82) is 0 Å². The van der Waals surface area contributed by atoms with Crippen molar-refractivity contribution in [2.75, 3.05) is 0 Å². The van der Waals surface area contributed by atoms with Crippen LogP contribution in [0.15, 0.2) is 192 Å². The number of rotatable bonds is 5. The number of fused-ring (bicyclic) bond motifs is 6. The standard InChI is InChI=1S/C48H31NO/c1-2-12-32(13-3-1)33-14-8-15-34(28-33)35-16-9-17-36(29-35)37-26-27-46-44(31-37)41-20-4-6-24-45(41)49(46)39-19-10-18-38(30-39)40-22-11-23-43-42-21-5-7-25-47(42)50-48(40)43/h1-31H. The van der Waals surface area contributed by atoms with E-state index in [1.165, 1.54) is 55.2 Å². The molecule has 0 aliphatic rings. The predicted molar refractivity (Wildman–Crippen MR) is 210 cm³/mol. The maximum absolute atomic E-state index is 6.42. The lowest BCUT2D eigenvalue weighted by Crippen LogP contribution is -1.94. The second-order valence-corrected chi connectivity index (χ2v) is 12.9. The maximum atomic E-state index is 6.42. The summed E-state index contributed by atoms with van der Waals surface area (Å²) < 4.78 is 8.81. The van der Waals surface area contributed by atoms with Crippen molar-refractivity contribution < 1.29 is 4.42 Å². The summed E-state index contributed by atoms with van der Waals surface area (Å²) in [5.74, 6) is 0. The Hall–Kier alpha value is -6.64. The highest BCUT2D eigenvalue weighted by Gasteiger charge is 2.16. The molecule has 2 heteroatoms. The van der Waals surface area contributed by atoms with E-state index in [-0.39, 0.29) is 0 Å². The Labute approximate surface area is 290 Å². The molecule has 0 saturated carbocycles. The number of para-hydroxylation sites is 3. The van der Waals surface area contributed by atoms with Crippen LogP contribution in [0.1, 0.15) is 0 Å². The molecular formula is C48H31NO. The van der Waals surface area contributed by atoms with E-state index < -0.39 is 0 Å². The number of benzene rings is 8. The first-order valence-electron chi connectivity index (χ1n) is 17.1. The molecule has 0 radical (unpaired) electrons. The Morgan fingerprint density at radius 2 is 0.880 bits per heavy atom. The van der Waals surface area contributed by atoms with E-state index in [1.807, 2.05) is 12.1 Å². The van der Waals surface area contributed by atoms with Crippen LogP contribution in [0.5, 0.6) is 0 Å². The molecule has 0 aliphatic carbocycles. The average molecular weight is 638 g/mol. The van der Waals surface area contributed by atoms with Gasteiger partial charge in [-0.1, -0.05) is 140 Å². The highest BCUT2D eigenvalue weighted by molar-refractivity contribution is 6.11. The SMILES string of the molecule is c1ccc(-c2cccc(-c3cccc(-c4ccc5c(c4)c4ccccc4n5-c4cccc(-c5cccc6c5oc5ccccc56)c4)c3)c2)cc1. The summed E-state index contributed by atoms with van der Waals surface area (Å²) >= 11 is 0. The monoisotopic (exact) mass is 637 g/mol. The van der Waals surface area contributed by atoms with E-state index in [4.69, 9.17) is 4.42 Å². The van der Waals surface area contributed by atoms with Gasteiger partial charge in [0.25, 0.3) is 0 Å². The third-order valence-electron chi connectivity index (χ3n) is 9.99. The molecule has 0 spiro atoms. The molecule has 8 aromatic carbocycles. The minimum Gasteiger partial charge on any atom is -0.455 e. The number of furan rings is 1. The van der Waals surface area contributed by atoms with E-state index in [0.717, 1.165) is 38.8 Å². The summed E-state index contributed by atoms with van der Waals surface area (Å²) in [5, 5.41) is 4.76. The van der Waals surface area contributed by atoms with Gasteiger partial charge in [0, 0.05) is 32.8 Å². The molecule has 2 aromatic heterocycles. The molecule has 0 fully saturated rings. The second kappa shape index (κ2) is 11.5. The van der Waals surface area contributed by atoms with E-state index >= 15 is 0 Å². The fourth-order valence-electron chi connectivity index (χ4n) is 7.60. The summed E-state index contributed by atoms with van der Waals surface area (Å²) in [7, 11) is 0. The van der Waals surface area contributed by atoms with Gasteiger partial charge in [-0.25, -0.2) is 0 Å². The Morgan fingerprint density at radius 3 is 1.68 bits per heavy atom. The van der Waals surface area contributed by atoms with E-state index in [1.54, 1.807) is 0 Å². The lowest BCUT2D eigenvalue weighted by Gasteiger charge is -2.11. The maximum Gasteiger partial charge on any atom is 0.143 e. The number of nitrogens with zero attached hydrogens (tertiary/aromatic N) is 1. The molecule has 10 aromatic rings. The van der Waals surface area contributed by atoms with Crippen LogP contribution in [0.25, 0.3) is 93.9 Å². The fourth-order valence-corrected chi connectivity index (χ4v) is 7.60. The average Bonchev–Trinajstić information content (AvgIpc) is 3.74. The second-order valence-electron chi connectivity index (χ2n) is 12.9. The highest BCUT2D eigenvalue weighted by atomic mass is 16.3. The smallest absolute Gasteiger partial charge is 0.143 e. The van der Waals surface area contributed by atoms with Gasteiger partial charge in [0.2, 0.25) is 0 Å². The topological polar surface area (TPSA) is 18.1 Å². The van der Waals surface area contributed by atoms with Crippen molar-refractivity contribution in [3.05, 3.63) is 188 Å². The first-order chi connectivity index (χ1) is 24.8. The summed E-state index contributed by atoms with van der Waals surface area (Å²) in [5.41, 5.74) is 14.8. The van der Waals surface area contributed by atoms with Crippen LogP contribution in [0.4, 0.5) is 0 Å². The lowest BCUT2D eigenvalue weighted by atomic mass is 9.96. The highest BCUT2D eigenvalue weighted by Crippen LogP contribution is 2.39. The molecule has 2 nitrogen and oxygen atoms in total. The van der Waals surface area contributed by atoms with Gasteiger partial charge in [0.05, 0.1) is 11.0 Å². The predicted octanol–water partition coefficient (Wildman–Crippen LogP) is 13.4. The molecule has 50 heavy (non-hydrogen) atoms. The Kier molecular flexibility index (Phi) is 6.53. The number of aromatic nitrogens is 1. The molecule has 0 saturated heterocycles. The first-order valence-corrected chi connectivity index (χ1v) is 17.1. The summed E-state index contributed by atoms with van der Waals surface area (Å²) in [6.07, 6.45) is 0. The van der Waals surface area contributed by atoms with E-state index in [9.17, 15) is 0 Å². The Morgan fingerprint density at radius 1 is 0.320 bits per heavy atom. The van der Waals surface area contributed by atoms with Crippen LogP contribution in [0, 0.1) is 0 Å². The summed E-state index contributed by atoms with van der Waals surface area (Å²) in [6, 6.07) is 67.5. The molecule has 0 amide bonds. The molecule has 0 bridgehead atoms. The van der Waals surface area contributed by atoms with Crippen LogP contribution in [0.2, 0.25) is 0 Å². The zero-order valence-electron chi connectivity index (χ0n) is 27.3. The molecule has 0 aliphatic heterocycles. The molecule has 0 N–H and O–H groups in total. The minimum atomic E-state index is 0.913. The van der Waals surface area contributed by atoms with Gasteiger partial charge in [0.15, 0.2) is 0 Å². The zero-order valence-corrected chi connectivity index (χ0v) is 27.3. The number of hydrogen-bond acceptors (Lipinski definition) is 1. The molecule has 0 atom stereocenters. The normalized spacial score (nSPS) is 11.6. The van der Waals surface area contributed by atoms with Crippen molar-refractivity contribution in [3.63, 3.8) is 0 Å². The van der Waals surface area contributed by atoms with Crippen LogP contribution in [-0.2, 0) is 0 Å². The van der Waals surface area contributed by atoms with Crippen LogP contribution < -0.4 is 0 Å². The van der Waals surface area contributed by atoms with Gasteiger partial charge < -0.3 is 8.98 Å². The van der Waals surface area contributed by atoms with Crippen molar-refractivity contribution in [2.45, 2.75) is 0 Å². The van der Waals surface area contributed by atoms with E-state index in [2.05, 4.69) is 180 Å². The van der Waals surface area contributed by atoms with Gasteiger partial charge in [-0.15, -0.1) is 0 Å². The van der Waals surface area contributed by atoms with E-state index in [0.29, 0.717) is 0 Å². The zero-order chi connectivity index (χ0) is 33.0. The molecule has 10 rings (SSSR count). The van der Waals surface area contributed by atoms with Crippen molar-refractivity contribution in [3.8, 4) is 50.2 Å². The fraction of sp³-hybridized carbons (Fsp3) is 0. The van der Waals surface area contributed by atoms with Crippen molar-refractivity contribution in [1.82, 2.24) is 4.57 Å². The largest absolute Gasteiger partial charge is 0.455 e. The van der Waals surface area contributed by atoms with Gasteiger partial charge in [-0.3, -0.25) is 0 Å². The molecule has 0 unspecified atom stereocenters. The first kappa shape index (κ1) is 28.4. The molecule has 2 heterocycles. The van der Waals surface area contributed by atoms with Gasteiger partial charge in [-0.2, -0.15) is 0 Å². The van der Waals surface area contributed by atoms with Crippen molar-refractivity contribution >= 4 is 43.7 Å². The van der Waals surface area contributed by atoms with Crippen LogP contribution in [0.3, 0.4) is 0 Å². The third-order valence-corrected chi connectivity index (χ3v) is 9.99. The van der Waals surface area contributed by atoms with Crippen molar-refractivity contribution in [2.24, 2.45) is 0 Å². The minimum absolute atomic E-state index is 0.913. The van der Waals surface area contributed by atoms with Crippen LogP contribution >= 0.6 is 0 Å². The van der Waals surface area contributed by atoms with Gasteiger partial charge >= 0.3 is 0 Å². The quantitative estimate of drug-likeness (QED) is 0.184. The summed E-state index contributed by atoms with van der Waals surface area (Å²) in [6.45, 7) is 0. The van der Waals surface area contributed by atoms with Gasteiger partial charge in [0.1, 0.15) is 11.2 Å². The molecule has 234 valence electrons. The Balaban J connectivity index is 1.08. The number of hydrogen-bond donors (Lipinski definition) is 0.